The summed E-state index contributed by atoms with van der Waals surface area (Å²) in [5, 5.41) is 3.79. The van der Waals surface area contributed by atoms with Gasteiger partial charge in [-0.2, -0.15) is 0 Å². The van der Waals surface area contributed by atoms with Crippen LogP contribution in [0.15, 0.2) is 60.7 Å². The molecular weight excluding hydrogens is 218 g/mol. The molecule has 1 heteroatoms. The van der Waals surface area contributed by atoms with Crippen molar-refractivity contribution in [1.82, 2.24) is 5.32 Å². The zero-order valence-electron chi connectivity index (χ0n) is 10.5. The monoisotopic (exact) mass is 237 g/mol. The zero-order valence-corrected chi connectivity index (χ0v) is 10.5. The van der Waals surface area contributed by atoms with Crippen LogP contribution in [0.25, 0.3) is 0 Å². The second kappa shape index (κ2) is 5.36. The van der Waals surface area contributed by atoms with E-state index in [-0.39, 0.29) is 0 Å². The lowest BCUT2D eigenvalue weighted by Crippen LogP contribution is -2.30. The highest BCUT2D eigenvalue weighted by molar-refractivity contribution is 5.23. The summed E-state index contributed by atoms with van der Waals surface area (Å²) in [6.07, 6.45) is 3.78. The van der Waals surface area contributed by atoms with E-state index < -0.39 is 0 Å². The van der Waals surface area contributed by atoms with E-state index in [0.717, 1.165) is 0 Å². The Morgan fingerprint density at radius 1 is 0.667 bits per heavy atom. The highest BCUT2D eigenvalue weighted by Crippen LogP contribution is 2.32. The van der Waals surface area contributed by atoms with Crippen molar-refractivity contribution in [1.29, 1.82) is 0 Å². The Morgan fingerprint density at radius 2 is 1.11 bits per heavy atom. The molecule has 92 valence electrons. The summed E-state index contributed by atoms with van der Waals surface area (Å²) in [6.45, 7) is 0. The Kier molecular flexibility index (Phi) is 3.42. The molecule has 1 aliphatic heterocycles. The van der Waals surface area contributed by atoms with Crippen molar-refractivity contribution < 1.29 is 0 Å². The standard InChI is InChI=1S/C17H19N/c1-3-8-14(9-4-1)16-12-7-13-17(18-16)15-10-5-2-6-11-15/h1-6,8-11,16-18H,7,12-13H2/t16-,17-/m0/s1. The van der Waals surface area contributed by atoms with Gasteiger partial charge in [0.2, 0.25) is 0 Å². The van der Waals surface area contributed by atoms with Crippen LogP contribution in [0.3, 0.4) is 0 Å². The van der Waals surface area contributed by atoms with Gasteiger partial charge in [-0.1, -0.05) is 60.7 Å². The third-order valence-electron chi connectivity index (χ3n) is 3.79. The van der Waals surface area contributed by atoms with Crippen molar-refractivity contribution >= 4 is 0 Å². The maximum Gasteiger partial charge on any atom is 0.0325 e. The van der Waals surface area contributed by atoms with Gasteiger partial charge < -0.3 is 5.32 Å². The molecule has 0 unspecified atom stereocenters. The third-order valence-corrected chi connectivity index (χ3v) is 3.79. The maximum atomic E-state index is 3.79. The summed E-state index contributed by atoms with van der Waals surface area (Å²) in [5.41, 5.74) is 2.83. The molecule has 0 aromatic heterocycles. The molecule has 1 aliphatic rings. The van der Waals surface area contributed by atoms with Gasteiger partial charge in [-0.3, -0.25) is 0 Å². The minimum atomic E-state index is 0.505. The van der Waals surface area contributed by atoms with E-state index in [2.05, 4.69) is 66.0 Å². The second-order valence-electron chi connectivity index (χ2n) is 5.02. The smallest absolute Gasteiger partial charge is 0.0325 e. The fourth-order valence-electron chi connectivity index (χ4n) is 2.83. The maximum absolute atomic E-state index is 3.79. The second-order valence-corrected chi connectivity index (χ2v) is 5.02. The van der Waals surface area contributed by atoms with Crippen LogP contribution in [0.1, 0.15) is 42.5 Å². The van der Waals surface area contributed by atoms with Crippen LogP contribution in [0.2, 0.25) is 0 Å². The van der Waals surface area contributed by atoms with Gasteiger partial charge >= 0.3 is 0 Å². The highest BCUT2D eigenvalue weighted by Gasteiger charge is 2.22. The van der Waals surface area contributed by atoms with E-state index in [1.807, 2.05) is 0 Å². The first-order valence-electron chi connectivity index (χ1n) is 6.79. The van der Waals surface area contributed by atoms with Gasteiger partial charge in [-0.05, 0) is 30.4 Å². The molecule has 1 saturated heterocycles. The summed E-state index contributed by atoms with van der Waals surface area (Å²) in [5.74, 6) is 0. The van der Waals surface area contributed by atoms with E-state index in [0.29, 0.717) is 12.1 Å². The summed E-state index contributed by atoms with van der Waals surface area (Å²) >= 11 is 0. The fourth-order valence-corrected chi connectivity index (χ4v) is 2.83. The van der Waals surface area contributed by atoms with Gasteiger partial charge in [0.1, 0.15) is 0 Å². The molecule has 1 N–H and O–H groups in total. The third kappa shape index (κ3) is 2.46. The molecule has 0 spiro atoms. The van der Waals surface area contributed by atoms with Crippen molar-refractivity contribution in [2.45, 2.75) is 31.3 Å². The molecular formula is C17H19N. The number of rotatable bonds is 2. The van der Waals surface area contributed by atoms with Crippen molar-refractivity contribution in [2.75, 3.05) is 0 Å². The molecule has 2 aromatic carbocycles. The molecule has 3 rings (SSSR count). The fraction of sp³-hybridized carbons (Fsp3) is 0.294. The van der Waals surface area contributed by atoms with E-state index in [1.165, 1.54) is 30.4 Å². The Balaban J connectivity index is 1.77. The first-order chi connectivity index (χ1) is 8.93. The largest absolute Gasteiger partial charge is 0.303 e. The normalized spacial score (nSPS) is 23.8. The molecule has 0 aliphatic carbocycles. The van der Waals surface area contributed by atoms with E-state index >= 15 is 0 Å². The molecule has 1 nitrogen and oxygen atoms in total. The first kappa shape index (κ1) is 11.5. The van der Waals surface area contributed by atoms with Crippen molar-refractivity contribution in [3.8, 4) is 0 Å². The van der Waals surface area contributed by atoms with Crippen LogP contribution in [0, 0.1) is 0 Å². The van der Waals surface area contributed by atoms with E-state index in [1.54, 1.807) is 0 Å². The molecule has 2 atom stereocenters. The van der Waals surface area contributed by atoms with Crippen molar-refractivity contribution in [3.63, 3.8) is 0 Å². The van der Waals surface area contributed by atoms with Gasteiger partial charge in [0, 0.05) is 12.1 Å². The lowest BCUT2D eigenvalue weighted by atomic mass is 9.90. The van der Waals surface area contributed by atoms with Crippen LogP contribution < -0.4 is 5.32 Å². The van der Waals surface area contributed by atoms with Gasteiger partial charge in [-0.15, -0.1) is 0 Å². The molecule has 0 saturated carbocycles. The summed E-state index contributed by atoms with van der Waals surface area (Å²) in [6, 6.07) is 22.6. The lowest BCUT2D eigenvalue weighted by molar-refractivity contribution is 0.330. The molecule has 0 radical (unpaired) electrons. The number of hydrogen-bond acceptors (Lipinski definition) is 1. The zero-order chi connectivity index (χ0) is 12.2. The van der Waals surface area contributed by atoms with Gasteiger partial charge in [0.15, 0.2) is 0 Å². The molecule has 18 heavy (non-hydrogen) atoms. The summed E-state index contributed by atoms with van der Waals surface area (Å²) in [7, 11) is 0. The predicted molar refractivity (Wildman–Crippen MR) is 75.4 cm³/mol. The minimum absolute atomic E-state index is 0.505. The van der Waals surface area contributed by atoms with E-state index in [4.69, 9.17) is 0 Å². The molecule has 2 aromatic rings. The molecule has 0 amide bonds. The van der Waals surface area contributed by atoms with Gasteiger partial charge in [-0.25, -0.2) is 0 Å². The van der Waals surface area contributed by atoms with Crippen LogP contribution in [0.5, 0.6) is 0 Å². The molecule has 1 heterocycles. The first-order valence-corrected chi connectivity index (χ1v) is 6.79. The Bertz CT molecular complexity index is 432. The van der Waals surface area contributed by atoms with Crippen molar-refractivity contribution in [3.05, 3.63) is 71.8 Å². The van der Waals surface area contributed by atoms with Crippen LogP contribution >= 0.6 is 0 Å². The molecule has 1 fully saturated rings. The number of piperidine rings is 1. The van der Waals surface area contributed by atoms with Crippen LogP contribution in [-0.2, 0) is 0 Å². The number of hydrogen-bond donors (Lipinski definition) is 1. The Labute approximate surface area is 109 Å². The number of nitrogens with one attached hydrogen (secondary N) is 1. The van der Waals surface area contributed by atoms with Crippen LogP contribution in [-0.4, -0.2) is 0 Å². The summed E-state index contributed by atoms with van der Waals surface area (Å²) in [4.78, 5) is 0. The SMILES string of the molecule is c1ccc([C@@H]2CCC[C@@H](c3ccccc3)N2)cc1. The highest BCUT2D eigenvalue weighted by atomic mass is 15.0. The topological polar surface area (TPSA) is 12.0 Å². The van der Waals surface area contributed by atoms with Gasteiger partial charge in [0.25, 0.3) is 0 Å². The van der Waals surface area contributed by atoms with E-state index in [9.17, 15) is 0 Å². The quantitative estimate of drug-likeness (QED) is 0.823. The predicted octanol–water partition coefficient (Wildman–Crippen LogP) is 4.24. The Morgan fingerprint density at radius 3 is 1.56 bits per heavy atom. The van der Waals surface area contributed by atoms with Gasteiger partial charge in [0.05, 0.1) is 0 Å². The minimum Gasteiger partial charge on any atom is -0.303 e. The average Bonchev–Trinajstić information content (AvgIpc) is 2.49. The van der Waals surface area contributed by atoms with Crippen LogP contribution in [0.4, 0.5) is 0 Å². The summed E-state index contributed by atoms with van der Waals surface area (Å²) < 4.78 is 0. The molecule has 0 bridgehead atoms. The average molecular weight is 237 g/mol. The number of benzene rings is 2. The Hall–Kier alpha value is -1.60. The van der Waals surface area contributed by atoms with Crippen molar-refractivity contribution in [2.24, 2.45) is 0 Å². The lowest BCUT2D eigenvalue weighted by Gasteiger charge is -2.31.